The van der Waals surface area contributed by atoms with Crippen molar-refractivity contribution in [3.05, 3.63) is 9.81 Å². The lowest BCUT2D eigenvalue weighted by Crippen LogP contribution is -2.23. The Labute approximate surface area is 129 Å². The van der Waals surface area contributed by atoms with Gasteiger partial charge in [0.1, 0.15) is 0 Å². The van der Waals surface area contributed by atoms with E-state index in [0.717, 1.165) is 35.0 Å². The lowest BCUT2D eigenvalue weighted by atomic mass is 10.3. The fourth-order valence-electron chi connectivity index (χ4n) is 1.50. The summed E-state index contributed by atoms with van der Waals surface area (Å²) in [5.74, 6) is 0.705. The summed E-state index contributed by atoms with van der Waals surface area (Å²) in [5.41, 5.74) is 0.0732. The number of rotatable bonds is 5. The highest BCUT2D eigenvalue weighted by Crippen LogP contribution is 2.36. The van der Waals surface area contributed by atoms with Crippen LogP contribution in [0.15, 0.2) is 9.81 Å². The van der Waals surface area contributed by atoms with Crippen molar-refractivity contribution in [3.8, 4) is 0 Å². The second-order valence-electron chi connectivity index (χ2n) is 4.41. The maximum atomic E-state index is 12.2. The Balaban J connectivity index is 2.96. The second kappa shape index (κ2) is 9.34. The van der Waals surface area contributed by atoms with Gasteiger partial charge in [-0.3, -0.25) is 0 Å². The molecule has 1 heterocycles. The largest absolute Gasteiger partial charge is 0.462 e. The molecule has 0 aliphatic carbocycles. The van der Waals surface area contributed by atoms with Crippen molar-refractivity contribution < 1.29 is 19.1 Å². The summed E-state index contributed by atoms with van der Waals surface area (Å²) >= 11 is 3.10. The third-order valence-corrected chi connectivity index (χ3v) is 5.40. The van der Waals surface area contributed by atoms with Gasteiger partial charge in [-0.15, -0.1) is 23.5 Å². The molecule has 1 atom stereocenters. The van der Waals surface area contributed by atoms with Crippen LogP contribution in [-0.2, 0) is 19.1 Å². The molecule has 1 unspecified atom stereocenters. The van der Waals surface area contributed by atoms with E-state index in [4.69, 9.17) is 9.47 Å². The number of carbonyl (C=O) groups excluding carboxylic acids is 2. The van der Waals surface area contributed by atoms with Gasteiger partial charge < -0.3 is 9.47 Å². The average Bonchev–Trinajstić information content (AvgIpc) is 2.68. The molecule has 0 bridgehead atoms. The van der Waals surface area contributed by atoms with Crippen LogP contribution in [-0.4, -0.2) is 36.2 Å². The fourth-order valence-corrected chi connectivity index (χ4v) is 4.02. The van der Waals surface area contributed by atoms with Gasteiger partial charge in [-0.05, 0) is 44.6 Å². The number of ether oxygens (including phenoxy) is 2. The maximum Gasteiger partial charge on any atom is 0.347 e. The van der Waals surface area contributed by atoms with E-state index in [1.54, 1.807) is 30.4 Å². The van der Waals surface area contributed by atoms with Gasteiger partial charge in [0.15, 0.2) is 5.57 Å². The van der Waals surface area contributed by atoms with Crippen molar-refractivity contribution in [3.63, 3.8) is 0 Å². The minimum Gasteiger partial charge on any atom is -0.462 e. The van der Waals surface area contributed by atoms with Crippen molar-refractivity contribution in [2.24, 2.45) is 0 Å². The molecule has 6 heteroatoms. The van der Waals surface area contributed by atoms with Gasteiger partial charge in [0.05, 0.1) is 16.9 Å². The van der Waals surface area contributed by atoms with E-state index in [2.05, 4.69) is 0 Å². The van der Waals surface area contributed by atoms with Gasteiger partial charge in [0.25, 0.3) is 0 Å². The van der Waals surface area contributed by atoms with Crippen LogP contribution in [0.1, 0.15) is 40.0 Å². The smallest absolute Gasteiger partial charge is 0.347 e. The first-order valence-electron chi connectivity index (χ1n) is 6.98. The molecule has 0 radical (unpaired) electrons. The minimum atomic E-state index is -0.572. The number of carbonyl (C=O) groups is 2. The molecule has 0 aromatic carbocycles. The third-order valence-electron chi connectivity index (χ3n) is 2.78. The number of thioether (sulfide) groups is 2. The lowest BCUT2D eigenvalue weighted by Gasteiger charge is -2.14. The van der Waals surface area contributed by atoms with E-state index in [0.29, 0.717) is 0 Å². The van der Waals surface area contributed by atoms with E-state index in [1.807, 2.05) is 13.8 Å². The molecule has 1 fully saturated rings. The van der Waals surface area contributed by atoms with Crippen LogP contribution in [0.25, 0.3) is 0 Å². The first-order valence-corrected chi connectivity index (χ1v) is 8.95. The number of hydrogen-bond donors (Lipinski definition) is 0. The molecule has 1 aliphatic rings. The van der Waals surface area contributed by atoms with E-state index in [1.165, 1.54) is 0 Å². The van der Waals surface area contributed by atoms with Crippen molar-refractivity contribution in [2.45, 2.75) is 46.1 Å². The molecular formula is C14H22O4S2. The molecule has 1 rings (SSSR count). The highest BCUT2D eigenvalue weighted by atomic mass is 32.2. The van der Waals surface area contributed by atoms with Crippen LogP contribution in [0, 0.1) is 0 Å². The number of hydrogen-bond acceptors (Lipinski definition) is 6. The molecule has 0 saturated carbocycles. The Kier molecular flexibility index (Phi) is 8.14. The molecule has 0 N–H and O–H groups in total. The van der Waals surface area contributed by atoms with Crippen molar-refractivity contribution in [1.29, 1.82) is 0 Å². The Hall–Kier alpha value is -0.620. The summed E-state index contributed by atoms with van der Waals surface area (Å²) in [6.45, 7) is 5.73. The SMILES string of the molecule is CCOC(=O)C(C(=O)OC(C)CC)=C1SCCCCS1. The summed E-state index contributed by atoms with van der Waals surface area (Å²) in [6, 6.07) is 0. The molecule has 20 heavy (non-hydrogen) atoms. The molecule has 0 aromatic rings. The van der Waals surface area contributed by atoms with Crippen LogP contribution in [0.4, 0.5) is 0 Å². The first-order chi connectivity index (χ1) is 9.60. The van der Waals surface area contributed by atoms with Crippen molar-refractivity contribution in [2.75, 3.05) is 18.1 Å². The normalized spacial score (nSPS) is 17.1. The minimum absolute atomic E-state index is 0.0732. The second-order valence-corrected chi connectivity index (χ2v) is 6.88. The summed E-state index contributed by atoms with van der Waals surface area (Å²) in [5, 5.41) is 0. The van der Waals surface area contributed by atoms with Gasteiger partial charge in [-0.1, -0.05) is 6.92 Å². The first kappa shape index (κ1) is 17.4. The summed E-state index contributed by atoms with van der Waals surface area (Å²) in [4.78, 5) is 24.3. The maximum absolute atomic E-state index is 12.2. The van der Waals surface area contributed by atoms with Crippen molar-refractivity contribution in [1.82, 2.24) is 0 Å². The Morgan fingerprint density at radius 3 is 2.25 bits per heavy atom. The standard InChI is InChI=1S/C14H22O4S2/c1-4-10(3)18-13(16)11(12(15)17-5-2)14-19-8-6-7-9-20-14/h10H,4-9H2,1-3H3. The van der Waals surface area contributed by atoms with Crippen LogP contribution in [0.5, 0.6) is 0 Å². The molecule has 1 aliphatic heterocycles. The zero-order valence-electron chi connectivity index (χ0n) is 12.3. The molecule has 1 saturated heterocycles. The van der Waals surface area contributed by atoms with Gasteiger partial charge in [-0.25, -0.2) is 9.59 Å². The topological polar surface area (TPSA) is 52.6 Å². The summed E-state index contributed by atoms with van der Waals surface area (Å²) < 4.78 is 11.1. The number of esters is 2. The Bertz CT molecular complexity index is 369. The van der Waals surface area contributed by atoms with Gasteiger partial charge in [0, 0.05) is 0 Å². The van der Waals surface area contributed by atoms with E-state index in [9.17, 15) is 9.59 Å². The monoisotopic (exact) mass is 318 g/mol. The van der Waals surface area contributed by atoms with E-state index < -0.39 is 11.9 Å². The lowest BCUT2D eigenvalue weighted by molar-refractivity contribution is -0.149. The molecule has 0 spiro atoms. The van der Waals surface area contributed by atoms with Crippen LogP contribution in [0.3, 0.4) is 0 Å². The van der Waals surface area contributed by atoms with Gasteiger partial charge >= 0.3 is 11.9 Å². The van der Waals surface area contributed by atoms with E-state index >= 15 is 0 Å². The molecule has 114 valence electrons. The Morgan fingerprint density at radius 1 is 1.15 bits per heavy atom. The van der Waals surface area contributed by atoms with Crippen LogP contribution >= 0.6 is 23.5 Å². The Morgan fingerprint density at radius 2 is 1.75 bits per heavy atom. The van der Waals surface area contributed by atoms with Gasteiger partial charge in [-0.2, -0.15) is 0 Å². The summed E-state index contributed by atoms with van der Waals surface area (Å²) in [6.07, 6.45) is 2.71. The third kappa shape index (κ3) is 5.40. The zero-order valence-corrected chi connectivity index (χ0v) is 13.9. The highest BCUT2D eigenvalue weighted by Gasteiger charge is 2.28. The molecule has 0 aromatic heterocycles. The molecule has 0 amide bonds. The average molecular weight is 318 g/mol. The highest BCUT2D eigenvalue weighted by molar-refractivity contribution is 8.22. The van der Waals surface area contributed by atoms with E-state index in [-0.39, 0.29) is 18.3 Å². The van der Waals surface area contributed by atoms with Crippen LogP contribution in [0.2, 0.25) is 0 Å². The quantitative estimate of drug-likeness (QED) is 0.335. The fraction of sp³-hybridized carbons (Fsp3) is 0.714. The predicted molar refractivity (Wildman–Crippen MR) is 83.7 cm³/mol. The predicted octanol–water partition coefficient (Wildman–Crippen LogP) is 3.36. The summed E-state index contributed by atoms with van der Waals surface area (Å²) in [7, 11) is 0. The van der Waals surface area contributed by atoms with Gasteiger partial charge in [0.2, 0.25) is 0 Å². The van der Waals surface area contributed by atoms with Crippen molar-refractivity contribution >= 4 is 35.5 Å². The molecular weight excluding hydrogens is 296 g/mol. The zero-order chi connectivity index (χ0) is 15.0. The van der Waals surface area contributed by atoms with Crippen LogP contribution < -0.4 is 0 Å². The molecule has 4 nitrogen and oxygen atoms in total.